The summed E-state index contributed by atoms with van der Waals surface area (Å²) in [6, 6.07) is 10.7. The fraction of sp³-hybridized carbons (Fsp3) is 0.190. The zero-order chi connectivity index (χ0) is 21.1. The van der Waals surface area contributed by atoms with Crippen molar-refractivity contribution in [1.29, 1.82) is 0 Å². The number of thiazole rings is 1. The summed E-state index contributed by atoms with van der Waals surface area (Å²) in [7, 11) is 0. The predicted molar refractivity (Wildman–Crippen MR) is 119 cm³/mol. The van der Waals surface area contributed by atoms with Crippen molar-refractivity contribution in [3.8, 4) is 5.75 Å². The van der Waals surface area contributed by atoms with Gasteiger partial charge in [-0.3, -0.25) is 14.9 Å². The molecule has 4 rings (SSSR count). The van der Waals surface area contributed by atoms with Crippen LogP contribution in [0.5, 0.6) is 5.75 Å². The quantitative estimate of drug-likeness (QED) is 0.544. The van der Waals surface area contributed by atoms with Crippen LogP contribution in [0.25, 0.3) is 0 Å². The molecule has 2 aromatic carbocycles. The van der Waals surface area contributed by atoms with Gasteiger partial charge in [-0.05, 0) is 53.9 Å². The Hall–Kier alpha value is -2.61. The third kappa shape index (κ3) is 5.11. The molecule has 3 aromatic rings. The molecule has 0 spiro atoms. The normalized spacial score (nSPS) is 12.8. The van der Waals surface area contributed by atoms with Crippen molar-refractivity contribution >= 4 is 57.2 Å². The number of carbonyl (C=O) groups excluding carboxylic acids is 2. The largest absolute Gasteiger partial charge is 0.484 e. The van der Waals surface area contributed by atoms with Gasteiger partial charge in [0, 0.05) is 39.6 Å². The Labute approximate surface area is 187 Å². The molecular weight excluding hydrogens is 445 g/mol. The number of halogens is 2. The number of anilines is 2. The Balaban J connectivity index is 1.32. The zero-order valence-electron chi connectivity index (χ0n) is 15.7. The maximum atomic E-state index is 12.2. The van der Waals surface area contributed by atoms with Crippen LogP contribution in [0, 0.1) is 0 Å². The standard InChI is InChI=1S/C21H17Cl2N3O3S/c22-14-2-4-17(23)13(7-14)9-16-10-24-21(30-16)26-20(28)11-29-15-3-5-18-12(8-15)1-6-19(27)25-18/h2-5,7-8,10H,1,6,9,11H2,(H,25,27)(H,24,26,28). The second-order valence-corrected chi connectivity index (χ2v) is 8.71. The Bertz CT molecular complexity index is 1120. The SMILES string of the molecule is O=C(COc1ccc2c(c1)CCC(=O)N2)Nc1ncc(Cc2cc(Cl)ccc2Cl)s1. The third-order valence-electron chi connectivity index (χ3n) is 4.51. The molecule has 0 atom stereocenters. The average molecular weight is 462 g/mol. The van der Waals surface area contributed by atoms with Gasteiger partial charge in [0.2, 0.25) is 5.91 Å². The lowest BCUT2D eigenvalue weighted by atomic mass is 10.0. The van der Waals surface area contributed by atoms with Crippen molar-refractivity contribution < 1.29 is 14.3 Å². The summed E-state index contributed by atoms with van der Waals surface area (Å²) in [5.41, 5.74) is 2.69. The zero-order valence-corrected chi connectivity index (χ0v) is 18.0. The highest BCUT2D eigenvalue weighted by atomic mass is 35.5. The number of fused-ring (bicyclic) bond motifs is 1. The van der Waals surface area contributed by atoms with Crippen LogP contribution in [0.3, 0.4) is 0 Å². The summed E-state index contributed by atoms with van der Waals surface area (Å²) in [4.78, 5) is 28.8. The predicted octanol–water partition coefficient (Wildman–Crippen LogP) is 4.94. The minimum absolute atomic E-state index is 0.0102. The van der Waals surface area contributed by atoms with Crippen LogP contribution in [0.15, 0.2) is 42.6 Å². The Kier molecular flexibility index (Phi) is 6.22. The lowest BCUT2D eigenvalue weighted by molar-refractivity contribution is -0.118. The van der Waals surface area contributed by atoms with Gasteiger partial charge in [0.25, 0.3) is 5.91 Å². The van der Waals surface area contributed by atoms with Crippen LogP contribution in [0.4, 0.5) is 10.8 Å². The minimum atomic E-state index is -0.303. The van der Waals surface area contributed by atoms with Gasteiger partial charge >= 0.3 is 0 Å². The van der Waals surface area contributed by atoms with Gasteiger partial charge in [0.15, 0.2) is 11.7 Å². The summed E-state index contributed by atoms with van der Waals surface area (Å²) >= 11 is 13.6. The molecule has 1 aromatic heterocycles. The van der Waals surface area contributed by atoms with Crippen LogP contribution in [0.2, 0.25) is 10.0 Å². The van der Waals surface area contributed by atoms with E-state index in [1.165, 1.54) is 11.3 Å². The topological polar surface area (TPSA) is 80.3 Å². The fourth-order valence-corrected chi connectivity index (χ4v) is 4.30. The van der Waals surface area contributed by atoms with E-state index in [1.807, 2.05) is 12.1 Å². The number of rotatable bonds is 6. The van der Waals surface area contributed by atoms with E-state index in [-0.39, 0.29) is 18.4 Å². The molecule has 2 heterocycles. The highest BCUT2D eigenvalue weighted by Gasteiger charge is 2.16. The molecule has 0 unspecified atom stereocenters. The number of nitrogens with one attached hydrogen (secondary N) is 2. The average Bonchev–Trinajstić information content (AvgIpc) is 3.16. The Morgan fingerprint density at radius 3 is 2.93 bits per heavy atom. The second-order valence-electron chi connectivity index (χ2n) is 6.75. The molecule has 1 aliphatic rings. The lowest BCUT2D eigenvalue weighted by Crippen LogP contribution is -2.21. The number of amides is 2. The highest BCUT2D eigenvalue weighted by molar-refractivity contribution is 7.15. The molecule has 30 heavy (non-hydrogen) atoms. The van der Waals surface area contributed by atoms with Crippen LogP contribution in [-0.4, -0.2) is 23.4 Å². The molecule has 154 valence electrons. The summed E-state index contributed by atoms with van der Waals surface area (Å²) < 4.78 is 5.58. The Morgan fingerprint density at radius 2 is 2.07 bits per heavy atom. The molecule has 6 nitrogen and oxygen atoms in total. The fourth-order valence-electron chi connectivity index (χ4n) is 3.07. The first kappa shape index (κ1) is 20.7. The van der Waals surface area contributed by atoms with Crippen molar-refractivity contribution in [1.82, 2.24) is 4.98 Å². The first-order chi connectivity index (χ1) is 14.5. The van der Waals surface area contributed by atoms with E-state index in [2.05, 4.69) is 15.6 Å². The number of benzene rings is 2. The number of aryl methyl sites for hydroxylation is 1. The number of nitrogens with zero attached hydrogens (tertiary/aromatic N) is 1. The van der Waals surface area contributed by atoms with Crippen LogP contribution >= 0.6 is 34.5 Å². The molecule has 2 N–H and O–H groups in total. The van der Waals surface area contributed by atoms with E-state index in [9.17, 15) is 9.59 Å². The minimum Gasteiger partial charge on any atom is -0.484 e. The van der Waals surface area contributed by atoms with E-state index in [4.69, 9.17) is 27.9 Å². The van der Waals surface area contributed by atoms with Crippen LogP contribution in [0.1, 0.15) is 22.4 Å². The van der Waals surface area contributed by atoms with E-state index < -0.39 is 0 Å². The summed E-state index contributed by atoms with van der Waals surface area (Å²) in [5.74, 6) is 0.286. The number of ether oxygens (including phenoxy) is 1. The van der Waals surface area contributed by atoms with Gasteiger partial charge in [-0.1, -0.05) is 23.2 Å². The molecule has 1 aliphatic heterocycles. The molecule has 0 radical (unpaired) electrons. The number of carbonyl (C=O) groups is 2. The van der Waals surface area contributed by atoms with Crippen LogP contribution in [-0.2, 0) is 22.4 Å². The summed E-state index contributed by atoms with van der Waals surface area (Å²) in [6.45, 7) is -0.139. The molecule has 0 saturated heterocycles. The van der Waals surface area contributed by atoms with Crippen molar-refractivity contribution in [3.63, 3.8) is 0 Å². The van der Waals surface area contributed by atoms with Gasteiger partial charge in [0.05, 0.1) is 0 Å². The molecule has 2 amide bonds. The van der Waals surface area contributed by atoms with Crippen molar-refractivity contribution in [2.24, 2.45) is 0 Å². The van der Waals surface area contributed by atoms with E-state index in [0.717, 1.165) is 21.7 Å². The number of hydrogen-bond donors (Lipinski definition) is 2. The van der Waals surface area contributed by atoms with Gasteiger partial charge < -0.3 is 10.1 Å². The smallest absolute Gasteiger partial charge is 0.264 e. The van der Waals surface area contributed by atoms with Gasteiger partial charge in [0.1, 0.15) is 5.75 Å². The van der Waals surface area contributed by atoms with Crippen molar-refractivity contribution in [2.75, 3.05) is 17.2 Å². The molecule has 0 bridgehead atoms. The molecular formula is C21H17Cl2N3O3S. The molecule has 0 saturated carbocycles. The highest BCUT2D eigenvalue weighted by Crippen LogP contribution is 2.28. The van der Waals surface area contributed by atoms with Crippen molar-refractivity contribution in [3.05, 3.63) is 68.6 Å². The van der Waals surface area contributed by atoms with Crippen molar-refractivity contribution in [2.45, 2.75) is 19.3 Å². The number of hydrogen-bond acceptors (Lipinski definition) is 5. The molecule has 0 aliphatic carbocycles. The van der Waals surface area contributed by atoms with E-state index in [1.54, 1.807) is 30.5 Å². The van der Waals surface area contributed by atoms with Gasteiger partial charge in [-0.2, -0.15) is 0 Å². The second kappa shape index (κ2) is 9.04. The maximum absolute atomic E-state index is 12.2. The third-order valence-corrected chi connectivity index (χ3v) is 6.03. The molecule has 9 heteroatoms. The van der Waals surface area contributed by atoms with Crippen LogP contribution < -0.4 is 15.4 Å². The van der Waals surface area contributed by atoms with E-state index >= 15 is 0 Å². The first-order valence-corrected chi connectivity index (χ1v) is 10.8. The summed E-state index contributed by atoms with van der Waals surface area (Å²) in [5, 5.41) is 7.30. The van der Waals surface area contributed by atoms with Gasteiger partial charge in [-0.15, -0.1) is 11.3 Å². The summed E-state index contributed by atoms with van der Waals surface area (Å²) in [6.07, 6.45) is 3.39. The molecule has 0 fully saturated rings. The lowest BCUT2D eigenvalue weighted by Gasteiger charge is -2.17. The van der Waals surface area contributed by atoms with E-state index in [0.29, 0.717) is 40.2 Å². The maximum Gasteiger partial charge on any atom is 0.264 e. The monoisotopic (exact) mass is 461 g/mol. The number of aromatic nitrogens is 1. The first-order valence-electron chi connectivity index (χ1n) is 9.20. The van der Waals surface area contributed by atoms with Gasteiger partial charge in [-0.25, -0.2) is 4.98 Å². The Morgan fingerprint density at radius 1 is 1.20 bits per heavy atom.